The van der Waals surface area contributed by atoms with Gasteiger partial charge in [-0.3, -0.25) is 10.1 Å². The highest BCUT2D eigenvalue weighted by Crippen LogP contribution is 2.11. The summed E-state index contributed by atoms with van der Waals surface area (Å²) in [4.78, 5) is 35.5. The lowest BCUT2D eigenvalue weighted by Gasteiger charge is -2.13. The van der Waals surface area contributed by atoms with Crippen molar-refractivity contribution in [3.63, 3.8) is 0 Å². The Bertz CT molecular complexity index is 724. The van der Waals surface area contributed by atoms with Crippen LogP contribution in [0.1, 0.15) is 28.6 Å². The van der Waals surface area contributed by atoms with E-state index in [0.717, 1.165) is 5.56 Å². The molecule has 0 aliphatic rings. The van der Waals surface area contributed by atoms with Gasteiger partial charge in [0, 0.05) is 6.54 Å². The van der Waals surface area contributed by atoms with Gasteiger partial charge in [-0.25, -0.2) is 9.59 Å². The van der Waals surface area contributed by atoms with Crippen LogP contribution in [0.3, 0.4) is 0 Å². The van der Waals surface area contributed by atoms with Gasteiger partial charge in [-0.05, 0) is 25.5 Å². The van der Waals surface area contributed by atoms with Gasteiger partial charge in [-0.2, -0.15) is 0 Å². The number of nitrogens with one attached hydrogen (secondary N) is 2. The second kappa shape index (κ2) is 7.96. The van der Waals surface area contributed by atoms with E-state index in [-0.39, 0.29) is 12.1 Å². The summed E-state index contributed by atoms with van der Waals surface area (Å²) in [5.74, 6) is -1.00. The molecule has 0 saturated carbocycles. The van der Waals surface area contributed by atoms with Crippen molar-refractivity contribution in [1.82, 2.24) is 10.6 Å². The number of esters is 1. The average molecular weight is 330 g/mol. The fraction of sp³-hybridized carbons (Fsp3) is 0.235. The number of furan rings is 1. The molecule has 1 aromatic heterocycles. The van der Waals surface area contributed by atoms with Crippen LogP contribution in [0.4, 0.5) is 4.79 Å². The molecular formula is C17H18N2O5. The van der Waals surface area contributed by atoms with Gasteiger partial charge in [0.05, 0.1) is 6.26 Å². The standard InChI is InChI=1S/C17H18N2O5/c1-11-14(8-9-23-11)16(21)24-12(2)15(20)19-17(22)18-10-13-6-4-3-5-7-13/h3-9,12H,10H2,1-2H3,(H2,18,19,20,22)/t12-/m0/s1. The molecule has 3 amide bonds. The molecule has 1 aromatic carbocycles. The first-order valence-electron chi connectivity index (χ1n) is 7.35. The molecule has 0 spiro atoms. The predicted molar refractivity (Wildman–Crippen MR) is 85.1 cm³/mol. The Morgan fingerprint density at radius 2 is 1.88 bits per heavy atom. The monoisotopic (exact) mass is 330 g/mol. The number of urea groups is 1. The Morgan fingerprint density at radius 1 is 1.17 bits per heavy atom. The molecular weight excluding hydrogens is 312 g/mol. The summed E-state index contributed by atoms with van der Waals surface area (Å²) in [5, 5.41) is 4.67. The molecule has 2 aromatic rings. The molecule has 7 heteroatoms. The molecule has 0 fully saturated rings. The summed E-state index contributed by atoms with van der Waals surface area (Å²) in [7, 11) is 0. The second-order valence-electron chi connectivity index (χ2n) is 5.10. The van der Waals surface area contributed by atoms with Gasteiger partial charge in [0.15, 0.2) is 6.10 Å². The molecule has 0 aliphatic heterocycles. The Kier molecular flexibility index (Phi) is 5.73. The Balaban J connectivity index is 1.79. The van der Waals surface area contributed by atoms with Gasteiger partial charge in [0.25, 0.3) is 5.91 Å². The molecule has 7 nitrogen and oxygen atoms in total. The third-order valence-electron chi connectivity index (χ3n) is 3.26. The summed E-state index contributed by atoms with van der Waals surface area (Å²) in [6.07, 6.45) is 0.238. The third kappa shape index (κ3) is 4.70. The predicted octanol–water partition coefficient (Wildman–Crippen LogP) is 2.16. The van der Waals surface area contributed by atoms with Crippen molar-refractivity contribution in [3.05, 3.63) is 59.5 Å². The van der Waals surface area contributed by atoms with E-state index in [0.29, 0.717) is 5.76 Å². The summed E-state index contributed by atoms with van der Waals surface area (Å²) < 4.78 is 10.0. The van der Waals surface area contributed by atoms with E-state index in [2.05, 4.69) is 10.6 Å². The Labute approximate surface area is 139 Å². The lowest BCUT2D eigenvalue weighted by atomic mass is 10.2. The Morgan fingerprint density at radius 3 is 2.50 bits per heavy atom. The van der Waals surface area contributed by atoms with E-state index in [1.807, 2.05) is 30.3 Å². The first kappa shape index (κ1) is 17.3. The van der Waals surface area contributed by atoms with Crippen LogP contribution in [-0.2, 0) is 16.1 Å². The number of hydrogen-bond donors (Lipinski definition) is 2. The molecule has 0 aliphatic carbocycles. The van der Waals surface area contributed by atoms with Gasteiger partial charge in [-0.1, -0.05) is 30.3 Å². The van der Waals surface area contributed by atoms with Gasteiger partial charge in [0.2, 0.25) is 0 Å². The number of rotatable bonds is 5. The van der Waals surface area contributed by atoms with E-state index in [4.69, 9.17) is 9.15 Å². The molecule has 2 rings (SSSR count). The molecule has 24 heavy (non-hydrogen) atoms. The van der Waals surface area contributed by atoms with Crippen molar-refractivity contribution in [3.8, 4) is 0 Å². The smallest absolute Gasteiger partial charge is 0.342 e. The number of carbonyl (C=O) groups is 3. The zero-order valence-electron chi connectivity index (χ0n) is 13.4. The van der Waals surface area contributed by atoms with E-state index in [9.17, 15) is 14.4 Å². The minimum Gasteiger partial charge on any atom is -0.469 e. The zero-order valence-corrected chi connectivity index (χ0v) is 13.4. The fourth-order valence-electron chi connectivity index (χ4n) is 1.91. The lowest BCUT2D eigenvalue weighted by molar-refractivity contribution is -0.127. The third-order valence-corrected chi connectivity index (χ3v) is 3.26. The van der Waals surface area contributed by atoms with Crippen molar-refractivity contribution in [2.45, 2.75) is 26.5 Å². The summed E-state index contributed by atoms with van der Waals surface area (Å²) in [6.45, 7) is 3.27. The van der Waals surface area contributed by atoms with Crippen LogP contribution < -0.4 is 10.6 Å². The van der Waals surface area contributed by atoms with Gasteiger partial charge in [0.1, 0.15) is 11.3 Å². The van der Waals surface area contributed by atoms with Crippen LogP contribution in [0, 0.1) is 6.92 Å². The van der Waals surface area contributed by atoms with Crippen LogP contribution in [0.25, 0.3) is 0 Å². The van der Waals surface area contributed by atoms with Crippen molar-refractivity contribution in [2.24, 2.45) is 0 Å². The SMILES string of the molecule is Cc1occc1C(=O)O[C@@H](C)C(=O)NC(=O)NCc1ccccc1. The maximum Gasteiger partial charge on any atom is 0.342 e. The first-order chi connectivity index (χ1) is 11.5. The van der Waals surface area contributed by atoms with Crippen molar-refractivity contribution in [2.75, 3.05) is 0 Å². The van der Waals surface area contributed by atoms with E-state index in [1.54, 1.807) is 6.92 Å². The van der Waals surface area contributed by atoms with Crippen LogP contribution in [0.2, 0.25) is 0 Å². The highest BCUT2D eigenvalue weighted by molar-refractivity contribution is 5.98. The number of ether oxygens (including phenoxy) is 1. The molecule has 126 valence electrons. The highest BCUT2D eigenvalue weighted by Gasteiger charge is 2.22. The summed E-state index contributed by atoms with van der Waals surface area (Å²) in [5.41, 5.74) is 1.14. The topological polar surface area (TPSA) is 97.6 Å². The van der Waals surface area contributed by atoms with Gasteiger partial charge in [-0.15, -0.1) is 0 Å². The molecule has 0 bridgehead atoms. The normalized spacial score (nSPS) is 11.4. The number of hydrogen-bond acceptors (Lipinski definition) is 5. The minimum absolute atomic E-state index is 0.239. The van der Waals surface area contributed by atoms with E-state index >= 15 is 0 Å². The van der Waals surface area contributed by atoms with Gasteiger partial charge >= 0.3 is 12.0 Å². The number of aryl methyl sites for hydroxylation is 1. The quantitative estimate of drug-likeness (QED) is 0.819. The highest BCUT2D eigenvalue weighted by atomic mass is 16.5. The number of amides is 3. The molecule has 2 N–H and O–H groups in total. The van der Waals surface area contributed by atoms with Crippen molar-refractivity contribution < 1.29 is 23.5 Å². The number of imide groups is 1. The van der Waals surface area contributed by atoms with Crippen LogP contribution >= 0.6 is 0 Å². The van der Waals surface area contributed by atoms with Crippen LogP contribution in [-0.4, -0.2) is 24.0 Å². The molecule has 1 heterocycles. The van der Waals surface area contributed by atoms with E-state index in [1.165, 1.54) is 19.3 Å². The van der Waals surface area contributed by atoms with Crippen molar-refractivity contribution >= 4 is 17.9 Å². The Hall–Kier alpha value is -3.09. The molecule has 0 radical (unpaired) electrons. The molecule has 0 saturated heterocycles. The van der Waals surface area contributed by atoms with E-state index < -0.39 is 24.0 Å². The zero-order chi connectivity index (χ0) is 17.5. The average Bonchev–Trinajstić information content (AvgIpc) is 3.00. The maximum atomic E-state index is 11.9. The van der Waals surface area contributed by atoms with Gasteiger partial charge < -0.3 is 14.5 Å². The number of benzene rings is 1. The maximum absolute atomic E-state index is 11.9. The summed E-state index contributed by atoms with van der Waals surface area (Å²) in [6, 6.07) is 10.0. The van der Waals surface area contributed by atoms with Crippen molar-refractivity contribution in [1.29, 1.82) is 0 Å². The number of carbonyl (C=O) groups excluding carboxylic acids is 3. The summed E-state index contributed by atoms with van der Waals surface area (Å²) >= 11 is 0. The molecule has 0 unspecified atom stereocenters. The second-order valence-corrected chi connectivity index (χ2v) is 5.10. The first-order valence-corrected chi connectivity index (χ1v) is 7.35. The fourth-order valence-corrected chi connectivity index (χ4v) is 1.91. The molecule has 1 atom stereocenters. The van der Waals surface area contributed by atoms with Crippen LogP contribution in [0.15, 0.2) is 47.1 Å². The van der Waals surface area contributed by atoms with Crippen LogP contribution in [0.5, 0.6) is 0 Å². The lowest BCUT2D eigenvalue weighted by Crippen LogP contribution is -2.44. The minimum atomic E-state index is -1.12. The largest absolute Gasteiger partial charge is 0.469 e.